The first-order valence-corrected chi connectivity index (χ1v) is 9.38. The van der Waals surface area contributed by atoms with Gasteiger partial charge < -0.3 is 9.47 Å². The number of alkyl halides is 3. The summed E-state index contributed by atoms with van der Waals surface area (Å²) in [6, 6.07) is 4.47. The minimum atomic E-state index is -4.75. The van der Waals surface area contributed by atoms with Crippen molar-refractivity contribution in [3.63, 3.8) is 0 Å². The van der Waals surface area contributed by atoms with E-state index in [1.165, 1.54) is 24.3 Å². The molecule has 0 aliphatic heterocycles. The second-order valence-electron chi connectivity index (χ2n) is 7.41. The van der Waals surface area contributed by atoms with Crippen molar-refractivity contribution in [3.05, 3.63) is 71.1 Å². The Morgan fingerprint density at radius 1 is 1.29 bits per heavy atom. The average Bonchev–Trinajstić information content (AvgIpc) is 3.36. The Bertz CT molecular complexity index is 1260. The van der Waals surface area contributed by atoms with Gasteiger partial charge >= 0.3 is 12.1 Å². The van der Waals surface area contributed by atoms with Gasteiger partial charge in [0.1, 0.15) is 22.6 Å². The lowest BCUT2D eigenvalue weighted by atomic mass is 10.1. The number of hydrogen-bond acceptors (Lipinski definition) is 4. The number of ether oxygens (including phenoxy) is 2. The third-order valence-electron chi connectivity index (χ3n) is 4.97. The van der Waals surface area contributed by atoms with E-state index < -0.39 is 76.5 Å². The molecule has 1 saturated carbocycles. The zero-order valence-corrected chi connectivity index (χ0v) is 17.1. The van der Waals surface area contributed by atoms with Crippen molar-refractivity contribution in [3.8, 4) is 17.6 Å². The Morgan fingerprint density at radius 2 is 1.97 bits per heavy atom. The fraction of sp³-hybridized carbons (Fsp3) is 0.304. The van der Waals surface area contributed by atoms with Gasteiger partial charge in [0.2, 0.25) is 6.10 Å². The molecule has 0 unspecified atom stereocenters. The summed E-state index contributed by atoms with van der Waals surface area (Å²) in [4.78, 5) is 12.7. The fourth-order valence-corrected chi connectivity index (χ4v) is 3.33. The Balaban J connectivity index is 1.81. The third-order valence-corrected chi connectivity index (χ3v) is 5.31. The Labute approximate surface area is 189 Å². The van der Waals surface area contributed by atoms with Gasteiger partial charge in [-0.25, -0.2) is 0 Å². The molecule has 1 fully saturated rings. The van der Waals surface area contributed by atoms with Crippen LogP contribution in [-0.4, -0.2) is 12.1 Å². The van der Waals surface area contributed by atoms with Gasteiger partial charge in [0, 0.05) is 5.56 Å². The maximum Gasteiger partial charge on any atom is 0.426 e. The molecular weight excluding hydrogens is 431 g/mol. The zero-order chi connectivity index (χ0) is 27.2. The molecule has 162 valence electrons. The van der Waals surface area contributed by atoms with Gasteiger partial charge in [-0.1, -0.05) is 61.8 Å². The molecule has 2 aromatic rings. The standard InChI is InChI=1S/C23H19ClF3NO3/c1-22(2)17(12-19(24)23(25,26)27)20(22)21(29)31-18(13-28)14-7-6-10-16(11-14)30-15-8-4-3-5-9-15/h3-12,17-18,20H,1-2H3/b19-12-/t17-,18+,20-/m1/s1/i3D,4D,5D,8D,9D. The molecule has 0 spiro atoms. The molecule has 4 nitrogen and oxygen atoms in total. The van der Waals surface area contributed by atoms with Crippen LogP contribution in [0.5, 0.6) is 11.5 Å². The van der Waals surface area contributed by atoms with Crippen LogP contribution in [0.3, 0.4) is 0 Å². The zero-order valence-electron chi connectivity index (χ0n) is 21.3. The number of allylic oxidation sites excluding steroid dienone is 2. The molecule has 0 radical (unpaired) electrons. The first-order valence-electron chi connectivity index (χ1n) is 11.5. The van der Waals surface area contributed by atoms with Crippen molar-refractivity contribution in [2.45, 2.75) is 26.1 Å². The smallest absolute Gasteiger partial charge is 0.426 e. The maximum absolute atomic E-state index is 12.8. The van der Waals surface area contributed by atoms with Crippen LogP contribution in [0.25, 0.3) is 0 Å². The molecule has 0 bridgehead atoms. The van der Waals surface area contributed by atoms with Crippen LogP contribution in [0.4, 0.5) is 13.2 Å². The summed E-state index contributed by atoms with van der Waals surface area (Å²) < 4.78 is 88.1. The van der Waals surface area contributed by atoms with Crippen LogP contribution in [0.1, 0.15) is 32.4 Å². The second kappa shape index (κ2) is 8.64. The van der Waals surface area contributed by atoms with Crippen LogP contribution >= 0.6 is 11.6 Å². The van der Waals surface area contributed by atoms with E-state index >= 15 is 0 Å². The van der Waals surface area contributed by atoms with Crippen LogP contribution in [0.2, 0.25) is 0 Å². The number of hydrogen-bond donors (Lipinski definition) is 0. The topological polar surface area (TPSA) is 59.3 Å². The molecule has 1 aliphatic rings. The van der Waals surface area contributed by atoms with Gasteiger partial charge in [-0.15, -0.1) is 0 Å². The summed E-state index contributed by atoms with van der Waals surface area (Å²) in [5, 5.41) is 8.23. The minimum Gasteiger partial charge on any atom is -0.457 e. The van der Waals surface area contributed by atoms with E-state index in [0.29, 0.717) is 0 Å². The number of benzene rings is 2. The molecule has 0 aromatic heterocycles. The molecular formula is C23H19ClF3NO3. The number of para-hydroxylation sites is 1. The number of rotatable bonds is 6. The lowest BCUT2D eigenvalue weighted by Gasteiger charge is -2.13. The molecule has 0 N–H and O–H groups in total. The van der Waals surface area contributed by atoms with E-state index in [-0.39, 0.29) is 11.3 Å². The van der Waals surface area contributed by atoms with E-state index in [2.05, 4.69) is 0 Å². The quantitative estimate of drug-likeness (QED) is 0.465. The first kappa shape index (κ1) is 16.7. The minimum absolute atomic E-state index is 0.00634. The third kappa shape index (κ3) is 5.20. The van der Waals surface area contributed by atoms with E-state index in [4.69, 9.17) is 27.9 Å². The number of nitrogens with zero attached hydrogens (tertiary/aromatic N) is 1. The predicted octanol–water partition coefficient (Wildman–Crippen LogP) is 6.54. The number of halogens is 4. The Kier molecular flexibility index (Phi) is 4.65. The van der Waals surface area contributed by atoms with Crippen LogP contribution in [0, 0.1) is 28.6 Å². The highest BCUT2D eigenvalue weighted by Gasteiger charge is 2.62. The van der Waals surface area contributed by atoms with Crippen molar-refractivity contribution >= 4 is 17.6 Å². The Morgan fingerprint density at radius 3 is 2.58 bits per heavy atom. The number of carbonyl (C=O) groups excluding carboxylic acids is 1. The lowest BCUT2D eigenvalue weighted by molar-refractivity contribution is -0.149. The van der Waals surface area contributed by atoms with E-state index in [1.807, 2.05) is 0 Å². The Hall–Kier alpha value is -2.98. The molecule has 1 aliphatic carbocycles. The van der Waals surface area contributed by atoms with Crippen LogP contribution < -0.4 is 4.74 Å². The molecule has 3 atom stereocenters. The molecule has 31 heavy (non-hydrogen) atoms. The summed E-state index contributed by atoms with van der Waals surface area (Å²) >= 11 is 5.31. The maximum atomic E-state index is 12.8. The second-order valence-corrected chi connectivity index (χ2v) is 7.82. The highest BCUT2D eigenvalue weighted by molar-refractivity contribution is 6.30. The van der Waals surface area contributed by atoms with Gasteiger partial charge in [-0.05, 0) is 35.6 Å². The summed E-state index contributed by atoms with van der Waals surface area (Å²) in [5.41, 5.74) is -0.719. The first-order chi connectivity index (χ1) is 16.6. The molecule has 3 rings (SSSR count). The van der Waals surface area contributed by atoms with E-state index in [1.54, 1.807) is 19.9 Å². The van der Waals surface area contributed by atoms with Crippen molar-refractivity contribution in [1.29, 1.82) is 5.26 Å². The largest absolute Gasteiger partial charge is 0.457 e. The number of carbonyl (C=O) groups is 1. The highest BCUT2D eigenvalue weighted by Crippen LogP contribution is 2.60. The summed E-state index contributed by atoms with van der Waals surface area (Å²) in [7, 11) is 0. The monoisotopic (exact) mass is 454 g/mol. The van der Waals surface area contributed by atoms with Gasteiger partial charge in [-0.3, -0.25) is 4.79 Å². The highest BCUT2D eigenvalue weighted by atomic mass is 35.5. The van der Waals surface area contributed by atoms with Gasteiger partial charge in [-0.2, -0.15) is 18.4 Å². The molecule has 2 aromatic carbocycles. The molecule has 0 saturated heterocycles. The SMILES string of the molecule is [2H]c1c([2H])c([2H])c(Oc2cccc([C@H](C#N)OC(=O)[C@H]3[C@@H](/C=C(\Cl)C(F)(F)F)C3(C)C)c2)c([2H])c1[2H]. The van der Waals surface area contributed by atoms with Crippen molar-refractivity contribution in [1.82, 2.24) is 0 Å². The normalized spacial score (nSPS) is 23.3. The summed E-state index contributed by atoms with van der Waals surface area (Å²) in [6.45, 7) is 3.16. The lowest BCUT2D eigenvalue weighted by Crippen LogP contribution is -2.14. The molecule has 0 amide bonds. The van der Waals surface area contributed by atoms with Crippen LogP contribution in [0.15, 0.2) is 65.6 Å². The number of nitriles is 1. The summed E-state index contributed by atoms with van der Waals surface area (Å²) in [6.07, 6.45) is -5.42. The van der Waals surface area contributed by atoms with Gasteiger partial charge in [0.25, 0.3) is 0 Å². The molecule has 0 heterocycles. The summed E-state index contributed by atoms with van der Waals surface area (Å²) in [5.74, 6) is -3.09. The van der Waals surface area contributed by atoms with Gasteiger partial charge in [0.15, 0.2) is 0 Å². The van der Waals surface area contributed by atoms with Crippen molar-refractivity contribution < 1.29 is 34.3 Å². The van der Waals surface area contributed by atoms with Crippen molar-refractivity contribution in [2.75, 3.05) is 0 Å². The van der Waals surface area contributed by atoms with E-state index in [0.717, 1.165) is 6.08 Å². The van der Waals surface area contributed by atoms with E-state index in [9.17, 15) is 23.2 Å². The van der Waals surface area contributed by atoms with Gasteiger partial charge in [0.05, 0.1) is 12.8 Å². The predicted molar refractivity (Wildman–Crippen MR) is 108 cm³/mol. The van der Waals surface area contributed by atoms with Crippen molar-refractivity contribution in [2.24, 2.45) is 17.3 Å². The molecule has 8 heteroatoms. The number of esters is 1. The van der Waals surface area contributed by atoms with Crippen LogP contribution in [-0.2, 0) is 9.53 Å². The fourth-order valence-electron chi connectivity index (χ4n) is 3.20. The average molecular weight is 455 g/mol.